The van der Waals surface area contributed by atoms with Gasteiger partial charge in [0.25, 0.3) is 0 Å². The van der Waals surface area contributed by atoms with Crippen molar-refractivity contribution in [3.8, 4) is 0 Å². The van der Waals surface area contributed by atoms with E-state index < -0.39 is 0 Å². The zero-order chi connectivity index (χ0) is 20.8. The van der Waals surface area contributed by atoms with Gasteiger partial charge in [0.05, 0.1) is 5.75 Å². The van der Waals surface area contributed by atoms with Gasteiger partial charge in [0.15, 0.2) is 5.16 Å². The maximum absolute atomic E-state index is 12.4. The average Bonchev–Trinajstić information content (AvgIpc) is 3.40. The third-order valence-electron chi connectivity index (χ3n) is 5.29. The molecule has 0 unspecified atom stereocenters. The monoisotopic (exact) mass is 442 g/mol. The maximum Gasteiger partial charge on any atom is 0.236 e. The van der Waals surface area contributed by atoms with Crippen LogP contribution in [-0.4, -0.2) is 36.6 Å². The second kappa shape index (κ2) is 10.2. The number of anilines is 1. The van der Waals surface area contributed by atoms with Crippen LogP contribution in [0.3, 0.4) is 0 Å². The molecule has 1 N–H and O–H groups in total. The number of nitrogens with zero attached hydrogens (tertiary/aromatic N) is 5. The fraction of sp³-hybridized carbons (Fsp3) is 0.476. The molecule has 2 aromatic heterocycles. The van der Waals surface area contributed by atoms with Gasteiger partial charge in [-0.15, -0.1) is 20.4 Å². The highest BCUT2D eigenvalue weighted by Gasteiger charge is 2.20. The number of thioether (sulfide) groups is 1. The summed E-state index contributed by atoms with van der Waals surface area (Å²) in [6.07, 6.45) is 6.90. The highest BCUT2D eigenvalue weighted by atomic mass is 32.2. The number of benzene rings is 1. The van der Waals surface area contributed by atoms with Gasteiger partial charge in [-0.1, -0.05) is 72.7 Å². The largest absolute Gasteiger partial charge is 0.306 e. The van der Waals surface area contributed by atoms with E-state index in [9.17, 15) is 4.79 Å². The molecule has 3 aromatic rings. The molecule has 1 aliphatic carbocycles. The topological polar surface area (TPSA) is 85.6 Å². The molecular weight excluding hydrogens is 416 g/mol. The Morgan fingerprint density at radius 3 is 2.70 bits per heavy atom. The van der Waals surface area contributed by atoms with Crippen LogP contribution in [0.1, 0.15) is 61.3 Å². The minimum Gasteiger partial charge on any atom is -0.306 e. The molecule has 1 fully saturated rings. The molecule has 1 aliphatic rings. The van der Waals surface area contributed by atoms with Gasteiger partial charge in [0.2, 0.25) is 11.0 Å². The highest BCUT2D eigenvalue weighted by molar-refractivity contribution is 7.99. The van der Waals surface area contributed by atoms with Gasteiger partial charge in [0, 0.05) is 18.9 Å². The van der Waals surface area contributed by atoms with Crippen LogP contribution in [0.25, 0.3) is 0 Å². The molecule has 158 valence electrons. The van der Waals surface area contributed by atoms with Gasteiger partial charge in [-0.25, -0.2) is 0 Å². The van der Waals surface area contributed by atoms with E-state index >= 15 is 0 Å². The first kappa shape index (κ1) is 21.0. The summed E-state index contributed by atoms with van der Waals surface area (Å²) < 4.78 is 2.07. The average molecular weight is 443 g/mol. The molecule has 2 heterocycles. The van der Waals surface area contributed by atoms with Crippen molar-refractivity contribution < 1.29 is 4.79 Å². The zero-order valence-corrected chi connectivity index (χ0v) is 18.7. The van der Waals surface area contributed by atoms with Crippen molar-refractivity contribution in [1.29, 1.82) is 0 Å². The normalized spacial score (nSPS) is 14.7. The van der Waals surface area contributed by atoms with Crippen LogP contribution in [0.2, 0.25) is 0 Å². The summed E-state index contributed by atoms with van der Waals surface area (Å²) in [4.78, 5) is 12.4. The summed E-state index contributed by atoms with van der Waals surface area (Å²) in [7, 11) is 0. The van der Waals surface area contributed by atoms with E-state index in [1.807, 2.05) is 18.2 Å². The fourth-order valence-corrected chi connectivity index (χ4v) is 5.49. The molecule has 1 aromatic carbocycles. The summed E-state index contributed by atoms with van der Waals surface area (Å²) in [6, 6.07) is 10.2. The quantitative estimate of drug-likeness (QED) is 0.516. The number of nitrogens with one attached hydrogen (secondary N) is 1. The van der Waals surface area contributed by atoms with Gasteiger partial charge in [-0.3, -0.25) is 10.1 Å². The van der Waals surface area contributed by atoms with E-state index in [0.717, 1.165) is 29.0 Å². The molecule has 7 nitrogen and oxygen atoms in total. The Balaban J connectivity index is 1.32. The Kier molecular flexibility index (Phi) is 7.11. The van der Waals surface area contributed by atoms with Gasteiger partial charge in [0.1, 0.15) is 10.8 Å². The van der Waals surface area contributed by atoms with Crippen molar-refractivity contribution in [2.75, 3.05) is 11.1 Å². The van der Waals surface area contributed by atoms with Gasteiger partial charge in [-0.05, 0) is 25.3 Å². The van der Waals surface area contributed by atoms with Crippen LogP contribution in [0.4, 0.5) is 5.13 Å². The third kappa shape index (κ3) is 5.26. The van der Waals surface area contributed by atoms with E-state index in [4.69, 9.17) is 0 Å². The molecule has 4 rings (SSSR count). The molecule has 1 amide bonds. The van der Waals surface area contributed by atoms with Crippen LogP contribution in [0.5, 0.6) is 0 Å². The summed E-state index contributed by atoms with van der Waals surface area (Å²) in [5.41, 5.74) is 1.19. The lowest BCUT2D eigenvalue weighted by molar-refractivity contribution is -0.113. The first-order valence-electron chi connectivity index (χ1n) is 10.4. The van der Waals surface area contributed by atoms with Crippen LogP contribution in [0.15, 0.2) is 35.5 Å². The van der Waals surface area contributed by atoms with Crippen molar-refractivity contribution in [1.82, 2.24) is 25.0 Å². The van der Waals surface area contributed by atoms with Crippen molar-refractivity contribution in [3.05, 3.63) is 46.7 Å². The van der Waals surface area contributed by atoms with E-state index in [1.54, 1.807) is 0 Å². The number of aromatic nitrogens is 5. The zero-order valence-electron chi connectivity index (χ0n) is 17.1. The molecule has 1 saturated carbocycles. The smallest absolute Gasteiger partial charge is 0.236 e. The van der Waals surface area contributed by atoms with Crippen LogP contribution < -0.4 is 5.32 Å². The number of carbonyl (C=O) groups excluding carboxylic acids is 1. The lowest BCUT2D eigenvalue weighted by Crippen LogP contribution is -2.14. The highest BCUT2D eigenvalue weighted by Crippen LogP contribution is 2.35. The van der Waals surface area contributed by atoms with Crippen molar-refractivity contribution in [2.45, 2.75) is 63.1 Å². The van der Waals surface area contributed by atoms with Crippen molar-refractivity contribution in [2.24, 2.45) is 0 Å². The molecule has 9 heteroatoms. The summed E-state index contributed by atoms with van der Waals surface area (Å²) in [5.74, 6) is 1.58. The first-order chi connectivity index (χ1) is 14.7. The van der Waals surface area contributed by atoms with E-state index in [-0.39, 0.29) is 11.7 Å². The minimum atomic E-state index is -0.0957. The lowest BCUT2D eigenvalue weighted by atomic mass is 9.90. The number of amides is 1. The van der Waals surface area contributed by atoms with E-state index in [0.29, 0.717) is 11.0 Å². The summed E-state index contributed by atoms with van der Waals surface area (Å²) >= 11 is 2.90. The van der Waals surface area contributed by atoms with Crippen molar-refractivity contribution in [3.63, 3.8) is 0 Å². The summed E-state index contributed by atoms with van der Waals surface area (Å²) in [5, 5.41) is 22.4. The van der Waals surface area contributed by atoms with Gasteiger partial charge >= 0.3 is 0 Å². The molecule has 0 aliphatic heterocycles. The predicted octanol–water partition coefficient (Wildman–Crippen LogP) is 4.52. The SMILES string of the molecule is CCn1c(Cc2ccccc2)nnc1SCC(=O)Nc1nnc(C2CCCCC2)s1. The molecule has 0 radical (unpaired) electrons. The molecule has 30 heavy (non-hydrogen) atoms. The molecular formula is C21H26N6OS2. The predicted molar refractivity (Wildman–Crippen MR) is 120 cm³/mol. The van der Waals surface area contributed by atoms with Crippen molar-refractivity contribution >= 4 is 34.1 Å². The summed E-state index contributed by atoms with van der Waals surface area (Å²) in [6.45, 7) is 2.83. The molecule has 0 saturated heterocycles. The Labute approximate surface area is 184 Å². The van der Waals surface area contributed by atoms with Gasteiger partial charge < -0.3 is 4.57 Å². The second-order valence-electron chi connectivity index (χ2n) is 7.42. The molecule has 0 bridgehead atoms. The number of hydrogen-bond acceptors (Lipinski definition) is 7. The Morgan fingerprint density at radius 2 is 1.93 bits per heavy atom. The molecule has 0 spiro atoms. The molecule has 0 atom stereocenters. The minimum absolute atomic E-state index is 0.0957. The van der Waals surface area contributed by atoms with Crippen LogP contribution >= 0.6 is 23.1 Å². The third-order valence-corrected chi connectivity index (χ3v) is 7.26. The lowest BCUT2D eigenvalue weighted by Gasteiger charge is -2.18. The van der Waals surface area contributed by atoms with E-state index in [2.05, 4.69) is 49.3 Å². The van der Waals surface area contributed by atoms with Gasteiger partial charge in [-0.2, -0.15) is 0 Å². The van der Waals surface area contributed by atoms with E-state index in [1.165, 1.54) is 60.8 Å². The number of carbonyl (C=O) groups is 1. The Hall–Kier alpha value is -2.26. The number of hydrogen-bond donors (Lipinski definition) is 1. The van der Waals surface area contributed by atoms with Crippen LogP contribution in [-0.2, 0) is 17.8 Å². The standard InChI is InChI=1S/C21H26N6OS2/c1-2-27-17(13-15-9-5-3-6-10-15)23-26-21(27)29-14-18(28)22-20-25-24-19(30-20)16-11-7-4-8-12-16/h3,5-6,9-10,16H,2,4,7-8,11-14H2,1H3,(H,22,25,28). The maximum atomic E-state index is 12.4. The van der Waals surface area contributed by atoms with Crippen LogP contribution in [0, 0.1) is 0 Å². The Bertz CT molecular complexity index is 965. The Morgan fingerprint density at radius 1 is 1.13 bits per heavy atom. The fourth-order valence-electron chi connectivity index (χ4n) is 3.74. The first-order valence-corrected chi connectivity index (χ1v) is 12.2. The second-order valence-corrected chi connectivity index (χ2v) is 9.37. The number of rotatable bonds is 8.